The number of aryl methyl sites for hydroxylation is 2. The van der Waals surface area contributed by atoms with Crippen LogP contribution >= 0.6 is 0 Å². The van der Waals surface area contributed by atoms with Crippen molar-refractivity contribution in [2.24, 2.45) is 13.0 Å². The molecular weight excluding hydrogens is 253 g/mol. The number of hydrogen-bond acceptors (Lipinski definition) is 2. The van der Waals surface area contributed by atoms with E-state index in [1.54, 1.807) is 0 Å². The molecule has 0 saturated heterocycles. The molecular formula is C16H22FN3. The van der Waals surface area contributed by atoms with Crippen LogP contribution in [0.15, 0.2) is 36.5 Å². The zero-order valence-electron chi connectivity index (χ0n) is 12.1. The van der Waals surface area contributed by atoms with Crippen LogP contribution in [0.5, 0.6) is 0 Å². The molecule has 2 aromatic rings. The Balaban J connectivity index is 1.93. The molecule has 1 heterocycles. The highest BCUT2D eigenvalue weighted by molar-refractivity contribution is 5.16. The van der Waals surface area contributed by atoms with Gasteiger partial charge in [-0.05, 0) is 62.5 Å². The number of rotatable bonds is 7. The average Bonchev–Trinajstić information content (AvgIpc) is 2.84. The first kappa shape index (κ1) is 14.7. The van der Waals surface area contributed by atoms with Gasteiger partial charge in [-0.25, -0.2) is 4.39 Å². The van der Waals surface area contributed by atoms with Crippen LogP contribution in [0.2, 0.25) is 0 Å². The van der Waals surface area contributed by atoms with E-state index in [0.717, 1.165) is 25.8 Å². The summed E-state index contributed by atoms with van der Waals surface area (Å²) >= 11 is 0. The lowest BCUT2D eigenvalue weighted by molar-refractivity contribution is 0.454. The van der Waals surface area contributed by atoms with Crippen molar-refractivity contribution < 1.29 is 4.39 Å². The molecule has 1 aromatic carbocycles. The van der Waals surface area contributed by atoms with Crippen molar-refractivity contribution in [3.05, 3.63) is 53.6 Å². The highest BCUT2D eigenvalue weighted by Gasteiger charge is 2.10. The zero-order valence-corrected chi connectivity index (χ0v) is 12.1. The Bertz CT molecular complexity index is 519. The van der Waals surface area contributed by atoms with Crippen molar-refractivity contribution in [3.8, 4) is 0 Å². The Morgan fingerprint density at radius 2 is 2.00 bits per heavy atom. The van der Waals surface area contributed by atoms with E-state index in [1.807, 2.05) is 37.1 Å². The summed E-state index contributed by atoms with van der Waals surface area (Å²) in [5.74, 6) is 0.370. The lowest BCUT2D eigenvalue weighted by Gasteiger charge is -2.16. The molecule has 0 bridgehead atoms. The molecule has 1 aromatic heterocycles. The van der Waals surface area contributed by atoms with Gasteiger partial charge in [-0.3, -0.25) is 4.68 Å². The normalized spacial score (nSPS) is 12.6. The van der Waals surface area contributed by atoms with E-state index in [-0.39, 0.29) is 5.82 Å². The van der Waals surface area contributed by atoms with Crippen LogP contribution in [0.4, 0.5) is 4.39 Å². The first-order chi connectivity index (χ1) is 9.69. The smallest absolute Gasteiger partial charge is 0.123 e. The predicted molar refractivity (Wildman–Crippen MR) is 79.0 cm³/mol. The summed E-state index contributed by atoms with van der Waals surface area (Å²) in [6, 6.07) is 8.89. The standard InChI is InChI=1S/C16H22FN3/c1-18-12-14(5-8-16-9-10-19-20(16)2)11-13-3-6-15(17)7-4-13/h3-4,6-7,9-10,14,18H,5,8,11-12H2,1-2H3. The zero-order chi connectivity index (χ0) is 14.4. The molecule has 0 amide bonds. The maximum Gasteiger partial charge on any atom is 0.123 e. The van der Waals surface area contributed by atoms with Crippen LogP contribution in [0.25, 0.3) is 0 Å². The van der Waals surface area contributed by atoms with Crippen molar-refractivity contribution in [1.82, 2.24) is 15.1 Å². The van der Waals surface area contributed by atoms with Crippen LogP contribution in [0, 0.1) is 11.7 Å². The summed E-state index contributed by atoms with van der Waals surface area (Å²) in [6.45, 7) is 0.967. The highest BCUT2D eigenvalue weighted by Crippen LogP contribution is 2.15. The molecule has 0 aliphatic rings. The second kappa shape index (κ2) is 7.20. The van der Waals surface area contributed by atoms with Gasteiger partial charge < -0.3 is 5.32 Å². The molecule has 1 N–H and O–H groups in total. The second-order valence-electron chi connectivity index (χ2n) is 5.24. The number of nitrogens with one attached hydrogen (secondary N) is 1. The van der Waals surface area contributed by atoms with Gasteiger partial charge in [0.1, 0.15) is 5.82 Å². The fraction of sp³-hybridized carbons (Fsp3) is 0.438. The summed E-state index contributed by atoms with van der Waals surface area (Å²) in [4.78, 5) is 0. The van der Waals surface area contributed by atoms with Crippen LogP contribution in [0.1, 0.15) is 17.7 Å². The molecule has 0 radical (unpaired) electrons. The van der Waals surface area contributed by atoms with Gasteiger partial charge in [0.15, 0.2) is 0 Å². The van der Waals surface area contributed by atoms with Gasteiger partial charge in [0.25, 0.3) is 0 Å². The van der Waals surface area contributed by atoms with Gasteiger partial charge in [-0.15, -0.1) is 0 Å². The minimum Gasteiger partial charge on any atom is -0.319 e. The quantitative estimate of drug-likeness (QED) is 0.841. The van der Waals surface area contributed by atoms with Gasteiger partial charge in [0, 0.05) is 18.9 Å². The monoisotopic (exact) mass is 275 g/mol. The van der Waals surface area contributed by atoms with Crippen molar-refractivity contribution in [1.29, 1.82) is 0 Å². The summed E-state index contributed by atoms with van der Waals surface area (Å²) < 4.78 is 14.9. The fourth-order valence-corrected chi connectivity index (χ4v) is 2.52. The van der Waals surface area contributed by atoms with E-state index in [2.05, 4.69) is 16.5 Å². The third-order valence-electron chi connectivity index (χ3n) is 3.66. The van der Waals surface area contributed by atoms with Crippen molar-refractivity contribution in [2.45, 2.75) is 19.3 Å². The van der Waals surface area contributed by atoms with Gasteiger partial charge >= 0.3 is 0 Å². The van der Waals surface area contributed by atoms with Gasteiger partial charge in [0.05, 0.1) is 0 Å². The third kappa shape index (κ3) is 4.17. The summed E-state index contributed by atoms with van der Waals surface area (Å²) in [7, 11) is 3.95. The molecule has 20 heavy (non-hydrogen) atoms. The Hall–Kier alpha value is -1.68. The Kier molecular flexibility index (Phi) is 5.30. The maximum atomic E-state index is 12.9. The molecule has 2 rings (SSSR count). The summed E-state index contributed by atoms with van der Waals surface area (Å²) in [6.07, 6.45) is 4.92. The first-order valence-corrected chi connectivity index (χ1v) is 7.05. The van der Waals surface area contributed by atoms with Gasteiger partial charge in [-0.1, -0.05) is 12.1 Å². The van der Waals surface area contributed by atoms with Crippen LogP contribution in [0.3, 0.4) is 0 Å². The molecule has 0 fully saturated rings. The Morgan fingerprint density at radius 3 is 2.60 bits per heavy atom. The topological polar surface area (TPSA) is 29.9 Å². The van der Waals surface area contributed by atoms with Crippen molar-refractivity contribution >= 4 is 0 Å². The van der Waals surface area contributed by atoms with Gasteiger partial charge in [0.2, 0.25) is 0 Å². The molecule has 1 unspecified atom stereocenters. The summed E-state index contributed by atoms with van der Waals surface area (Å²) in [5.41, 5.74) is 2.45. The van der Waals surface area contributed by atoms with Crippen LogP contribution < -0.4 is 5.32 Å². The second-order valence-corrected chi connectivity index (χ2v) is 5.24. The SMILES string of the molecule is CNCC(CCc1ccnn1C)Cc1ccc(F)cc1. The molecule has 0 aliphatic heterocycles. The van der Waals surface area contributed by atoms with Crippen LogP contribution in [-0.4, -0.2) is 23.4 Å². The molecule has 108 valence electrons. The number of nitrogens with zero attached hydrogens (tertiary/aromatic N) is 2. The molecule has 0 aliphatic carbocycles. The molecule has 0 spiro atoms. The lowest BCUT2D eigenvalue weighted by atomic mass is 9.94. The average molecular weight is 275 g/mol. The molecule has 3 nitrogen and oxygen atoms in total. The first-order valence-electron chi connectivity index (χ1n) is 7.05. The molecule has 1 atom stereocenters. The number of hydrogen-bond donors (Lipinski definition) is 1. The lowest BCUT2D eigenvalue weighted by Crippen LogP contribution is -2.21. The molecule has 0 saturated carbocycles. The van der Waals surface area contributed by atoms with E-state index in [0.29, 0.717) is 5.92 Å². The van der Waals surface area contributed by atoms with Crippen molar-refractivity contribution in [2.75, 3.05) is 13.6 Å². The van der Waals surface area contributed by atoms with E-state index < -0.39 is 0 Å². The van der Waals surface area contributed by atoms with E-state index in [1.165, 1.54) is 23.4 Å². The van der Waals surface area contributed by atoms with Crippen molar-refractivity contribution in [3.63, 3.8) is 0 Å². The number of aromatic nitrogens is 2. The van der Waals surface area contributed by atoms with E-state index in [9.17, 15) is 4.39 Å². The van der Waals surface area contributed by atoms with Gasteiger partial charge in [-0.2, -0.15) is 5.10 Å². The van der Waals surface area contributed by atoms with E-state index >= 15 is 0 Å². The van der Waals surface area contributed by atoms with Crippen LogP contribution in [-0.2, 0) is 19.9 Å². The molecule has 4 heteroatoms. The fourth-order valence-electron chi connectivity index (χ4n) is 2.52. The number of benzene rings is 1. The summed E-state index contributed by atoms with van der Waals surface area (Å²) in [5, 5.41) is 7.44. The van der Waals surface area contributed by atoms with E-state index in [4.69, 9.17) is 0 Å². The minimum atomic E-state index is -0.172. The predicted octanol–water partition coefficient (Wildman–Crippen LogP) is 2.57. The number of halogens is 1. The Labute approximate surface area is 119 Å². The largest absolute Gasteiger partial charge is 0.319 e. The Morgan fingerprint density at radius 1 is 1.25 bits per heavy atom. The minimum absolute atomic E-state index is 0.172. The maximum absolute atomic E-state index is 12.9. The third-order valence-corrected chi connectivity index (χ3v) is 3.66. The highest BCUT2D eigenvalue weighted by atomic mass is 19.1.